The number of hydrogen-bond acceptors (Lipinski definition) is 1. The number of carbonyl (C=O) groups is 1. The highest BCUT2D eigenvalue weighted by atomic mass is 16.1. The summed E-state index contributed by atoms with van der Waals surface area (Å²) in [6.45, 7) is 8.41. The minimum Gasteiger partial charge on any atom is -0.356 e. The van der Waals surface area contributed by atoms with E-state index >= 15 is 0 Å². The summed E-state index contributed by atoms with van der Waals surface area (Å²) in [5, 5.41) is 2.75. The third-order valence-corrected chi connectivity index (χ3v) is 1.38. The van der Waals surface area contributed by atoms with Crippen LogP contribution in [0.25, 0.3) is 0 Å². The van der Waals surface area contributed by atoms with Gasteiger partial charge in [-0.3, -0.25) is 4.79 Å². The average Bonchev–Trinajstić information content (AvgIpc) is 1.87. The molecule has 0 atom stereocenters. The number of hydrogen-bond donors (Lipinski definition) is 1. The molecular formula is C9H17NO. The Balaban J connectivity index is 3.24. The molecule has 0 rings (SSSR count). The van der Waals surface area contributed by atoms with Crippen molar-refractivity contribution >= 4 is 5.91 Å². The van der Waals surface area contributed by atoms with E-state index in [-0.39, 0.29) is 5.91 Å². The van der Waals surface area contributed by atoms with Crippen LogP contribution >= 0.6 is 0 Å². The molecule has 0 aromatic carbocycles. The Morgan fingerprint density at radius 1 is 1.45 bits per heavy atom. The van der Waals surface area contributed by atoms with Gasteiger partial charge in [-0.25, -0.2) is 0 Å². The van der Waals surface area contributed by atoms with Crippen LogP contribution in [0.5, 0.6) is 0 Å². The quantitative estimate of drug-likeness (QED) is 0.603. The number of carbonyl (C=O) groups excluding carboxylic acids is 1. The van der Waals surface area contributed by atoms with Gasteiger partial charge in [0.15, 0.2) is 0 Å². The summed E-state index contributed by atoms with van der Waals surface area (Å²) >= 11 is 0. The standard InChI is InChI=1S/C9H17NO/c1-4-10-9(11)7-5-6-8(2)3/h2,4-7H2,1,3H3,(H,10,11). The highest BCUT2D eigenvalue weighted by molar-refractivity contribution is 5.75. The first-order chi connectivity index (χ1) is 5.16. The molecule has 11 heavy (non-hydrogen) atoms. The third kappa shape index (κ3) is 7.10. The minimum atomic E-state index is 0.147. The van der Waals surface area contributed by atoms with Crippen molar-refractivity contribution in [2.45, 2.75) is 33.1 Å². The van der Waals surface area contributed by atoms with Crippen LogP contribution < -0.4 is 5.32 Å². The van der Waals surface area contributed by atoms with E-state index in [1.807, 2.05) is 13.8 Å². The molecule has 0 radical (unpaired) electrons. The smallest absolute Gasteiger partial charge is 0.219 e. The van der Waals surface area contributed by atoms with Crippen molar-refractivity contribution in [3.8, 4) is 0 Å². The van der Waals surface area contributed by atoms with Gasteiger partial charge in [-0.2, -0.15) is 0 Å². The SMILES string of the molecule is C=C(C)CCCC(=O)NCC. The van der Waals surface area contributed by atoms with Gasteiger partial charge in [0, 0.05) is 13.0 Å². The monoisotopic (exact) mass is 155 g/mol. The summed E-state index contributed by atoms with van der Waals surface area (Å²) < 4.78 is 0. The molecule has 0 saturated carbocycles. The summed E-state index contributed by atoms with van der Waals surface area (Å²) in [6, 6.07) is 0. The van der Waals surface area contributed by atoms with Gasteiger partial charge in [-0.05, 0) is 26.7 Å². The van der Waals surface area contributed by atoms with Gasteiger partial charge in [-0.15, -0.1) is 6.58 Å². The Morgan fingerprint density at radius 3 is 2.55 bits per heavy atom. The first-order valence-corrected chi connectivity index (χ1v) is 4.08. The van der Waals surface area contributed by atoms with E-state index < -0.39 is 0 Å². The van der Waals surface area contributed by atoms with Crippen molar-refractivity contribution in [3.05, 3.63) is 12.2 Å². The molecule has 0 aliphatic rings. The normalized spacial score (nSPS) is 9.27. The molecule has 0 aliphatic carbocycles. The largest absolute Gasteiger partial charge is 0.356 e. The van der Waals surface area contributed by atoms with E-state index in [2.05, 4.69) is 11.9 Å². The fourth-order valence-corrected chi connectivity index (χ4v) is 0.836. The van der Waals surface area contributed by atoms with E-state index in [0.717, 1.165) is 25.0 Å². The number of nitrogens with one attached hydrogen (secondary N) is 1. The first-order valence-electron chi connectivity index (χ1n) is 4.08. The Morgan fingerprint density at radius 2 is 2.09 bits per heavy atom. The first kappa shape index (κ1) is 10.2. The zero-order valence-electron chi connectivity index (χ0n) is 7.44. The summed E-state index contributed by atoms with van der Waals surface area (Å²) in [7, 11) is 0. The molecule has 0 unspecified atom stereocenters. The lowest BCUT2D eigenvalue weighted by atomic mass is 10.1. The second-order valence-corrected chi connectivity index (χ2v) is 2.76. The van der Waals surface area contributed by atoms with Crippen molar-refractivity contribution in [2.24, 2.45) is 0 Å². The molecule has 1 amide bonds. The lowest BCUT2D eigenvalue weighted by molar-refractivity contribution is -0.121. The molecule has 64 valence electrons. The van der Waals surface area contributed by atoms with Crippen LogP contribution in [0.4, 0.5) is 0 Å². The van der Waals surface area contributed by atoms with E-state index in [1.165, 1.54) is 0 Å². The molecule has 2 nitrogen and oxygen atoms in total. The van der Waals surface area contributed by atoms with Gasteiger partial charge in [-0.1, -0.05) is 5.57 Å². The molecular weight excluding hydrogens is 138 g/mol. The molecule has 2 heteroatoms. The van der Waals surface area contributed by atoms with Crippen molar-refractivity contribution in [1.29, 1.82) is 0 Å². The van der Waals surface area contributed by atoms with Crippen LogP contribution in [-0.2, 0) is 4.79 Å². The third-order valence-electron chi connectivity index (χ3n) is 1.38. The van der Waals surface area contributed by atoms with Crippen molar-refractivity contribution < 1.29 is 4.79 Å². The van der Waals surface area contributed by atoms with Gasteiger partial charge in [0.05, 0.1) is 0 Å². The highest BCUT2D eigenvalue weighted by Gasteiger charge is 1.97. The van der Waals surface area contributed by atoms with Crippen LogP contribution in [-0.4, -0.2) is 12.5 Å². The van der Waals surface area contributed by atoms with Crippen LogP contribution in [0, 0.1) is 0 Å². The lowest BCUT2D eigenvalue weighted by Gasteiger charge is -2.00. The van der Waals surface area contributed by atoms with Crippen LogP contribution in [0.2, 0.25) is 0 Å². The Hall–Kier alpha value is -0.790. The number of amides is 1. The predicted molar refractivity (Wildman–Crippen MR) is 47.3 cm³/mol. The van der Waals surface area contributed by atoms with Crippen LogP contribution in [0.15, 0.2) is 12.2 Å². The summed E-state index contributed by atoms with van der Waals surface area (Å²) in [5.74, 6) is 0.147. The van der Waals surface area contributed by atoms with E-state index in [4.69, 9.17) is 0 Å². The molecule has 0 aromatic rings. The van der Waals surface area contributed by atoms with E-state index in [9.17, 15) is 4.79 Å². The Labute approximate surface area is 68.7 Å². The van der Waals surface area contributed by atoms with Crippen molar-refractivity contribution in [3.63, 3.8) is 0 Å². The van der Waals surface area contributed by atoms with Gasteiger partial charge in [0.25, 0.3) is 0 Å². The molecule has 0 aromatic heterocycles. The van der Waals surface area contributed by atoms with Crippen LogP contribution in [0.1, 0.15) is 33.1 Å². The lowest BCUT2D eigenvalue weighted by Crippen LogP contribution is -2.21. The number of allylic oxidation sites excluding steroid dienone is 1. The maximum absolute atomic E-state index is 10.9. The maximum atomic E-state index is 10.9. The Bertz CT molecular complexity index is 140. The molecule has 0 aliphatic heterocycles. The topological polar surface area (TPSA) is 29.1 Å². The average molecular weight is 155 g/mol. The van der Waals surface area contributed by atoms with Crippen molar-refractivity contribution in [1.82, 2.24) is 5.32 Å². The molecule has 1 N–H and O–H groups in total. The van der Waals surface area contributed by atoms with Crippen LogP contribution in [0.3, 0.4) is 0 Å². The van der Waals surface area contributed by atoms with Gasteiger partial charge < -0.3 is 5.32 Å². The fourth-order valence-electron chi connectivity index (χ4n) is 0.836. The summed E-state index contributed by atoms with van der Waals surface area (Å²) in [6.07, 6.45) is 2.50. The molecule has 0 spiro atoms. The fraction of sp³-hybridized carbons (Fsp3) is 0.667. The zero-order chi connectivity index (χ0) is 8.69. The maximum Gasteiger partial charge on any atom is 0.219 e. The van der Waals surface area contributed by atoms with Gasteiger partial charge in [0.1, 0.15) is 0 Å². The predicted octanol–water partition coefficient (Wildman–Crippen LogP) is 1.87. The zero-order valence-corrected chi connectivity index (χ0v) is 7.44. The molecule has 0 saturated heterocycles. The van der Waals surface area contributed by atoms with Gasteiger partial charge in [0.2, 0.25) is 5.91 Å². The second kappa shape index (κ2) is 5.96. The van der Waals surface area contributed by atoms with E-state index in [1.54, 1.807) is 0 Å². The number of rotatable bonds is 5. The molecule has 0 bridgehead atoms. The summed E-state index contributed by atoms with van der Waals surface area (Å²) in [4.78, 5) is 10.9. The highest BCUT2D eigenvalue weighted by Crippen LogP contribution is 2.02. The molecule has 0 fully saturated rings. The minimum absolute atomic E-state index is 0.147. The van der Waals surface area contributed by atoms with Gasteiger partial charge >= 0.3 is 0 Å². The Kier molecular flexibility index (Phi) is 5.53. The van der Waals surface area contributed by atoms with Crippen molar-refractivity contribution in [2.75, 3.05) is 6.54 Å². The second-order valence-electron chi connectivity index (χ2n) is 2.76. The molecule has 0 heterocycles. The summed E-state index contributed by atoms with van der Waals surface area (Å²) in [5.41, 5.74) is 1.15. The van der Waals surface area contributed by atoms with E-state index in [0.29, 0.717) is 6.42 Å².